The molecule has 1 rings (SSSR count). The molecule has 0 fully saturated rings. The molecule has 0 heterocycles. The fourth-order valence-corrected chi connectivity index (χ4v) is 1.65. The maximum absolute atomic E-state index is 10.9. The molecule has 0 aliphatic rings. The minimum Gasteiger partial charge on any atom is -0.478 e. The Morgan fingerprint density at radius 3 is 2.67 bits per heavy atom. The lowest BCUT2D eigenvalue weighted by atomic mass is 9.97. The average molecular weight is 207 g/mol. The summed E-state index contributed by atoms with van der Waals surface area (Å²) in [5, 5.41) is 8.93. The van der Waals surface area contributed by atoms with E-state index in [0.29, 0.717) is 5.69 Å². The summed E-state index contributed by atoms with van der Waals surface area (Å²) >= 11 is 0. The summed E-state index contributed by atoms with van der Waals surface area (Å²) in [6.45, 7) is 4.07. The van der Waals surface area contributed by atoms with E-state index in [-0.39, 0.29) is 5.56 Å². The van der Waals surface area contributed by atoms with Crippen LogP contribution in [0.2, 0.25) is 0 Å². The number of benzene rings is 1. The molecule has 3 heteroatoms. The van der Waals surface area contributed by atoms with Gasteiger partial charge in [-0.25, -0.2) is 4.79 Å². The van der Waals surface area contributed by atoms with Gasteiger partial charge in [-0.2, -0.15) is 0 Å². The molecule has 0 amide bonds. The Morgan fingerprint density at radius 2 is 2.13 bits per heavy atom. The van der Waals surface area contributed by atoms with E-state index in [1.165, 1.54) is 0 Å². The first-order chi connectivity index (χ1) is 7.07. The number of anilines is 1. The number of carbonyl (C=O) groups is 1. The largest absolute Gasteiger partial charge is 0.478 e. The highest BCUT2D eigenvalue weighted by molar-refractivity contribution is 5.94. The van der Waals surface area contributed by atoms with Crippen molar-refractivity contribution in [2.45, 2.75) is 33.1 Å². The van der Waals surface area contributed by atoms with Gasteiger partial charge in [0.25, 0.3) is 0 Å². The maximum atomic E-state index is 10.9. The number of unbranched alkanes of at least 4 members (excludes halogenated alkanes) is 1. The summed E-state index contributed by atoms with van der Waals surface area (Å²) in [5.41, 5.74) is 8.54. The summed E-state index contributed by atoms with van der Waals surface area (Å²) in [7, 11) is 0. The van der Waals surface area contributed by atoms with Crippen LogP contribution < -0.4 is 5.73 Å². The second-order valence-electron chi connectivity index (χ2n) is 3.73. The van der Waals surface area contributed by atoms with Crippen LogP contribution >= 0.6 is 0 Å². The molecule has 0 bridgehead atoms. The second kappa shape index (κ2) is 4.82. The van der Waals surface area contributed by atoms with Crippen molar-refractivity contribution in [2.24, 2.45) is 0 Å². The van der Waals surface area contributed by atoms with Crippen molar-refractivity contribution in [3.8, 4) is 0 Å². The number of aromatic carboxylic acids is 1. The van der Waals surface area contributed by atoms with Crippen molar-refractivity contribution in [2.75, 3.05) is 5.73 Å². The minimum atomic E-state index is -0.953. The Kier molecular flexibility index (Phi) is 3.72. The van der Waals surface area contributed by atoms with Crippen molar-refractivity contribution in [1.29, 1.82) is 0 Å². The van der Waals surface area contributed by atoms with Crippen LogP contribution in [0.25, 0.3) is 0 Å². The lowest BCUT2D eigenvalue weighted by Gasteiger charge is -2.11. The first-order valence-corrected chi connectivity index (χ1v) is 5.19. The van der Waals surface area contributed by atoms with Crippen LogP contribution in [0.15, 0.2) is 12.1 Å². The molecular weight excluding hydrogens is 190 g/mol. The number of aryl methyl sites for hydroxylation is 1. The average Bonchev–Trinajstić information content (AvgIpc) is 2.17. The fourth-order valence-electron chi connectivity index (χ4n) is 1.65. The summed E-state index contributed by atoms with van der Waals surface area (Å²) in [6.07, 6.45) is 2.97. The molecule has 0 aliphatic carbocycles. The van der Waals surface area contributed by atoms with Crippen LogP contribution in [0.1, 0.15) is 41.3 Å². The van der Waals surface area contributed by atoms with E-state index < -0.39 is 5.97 Å². The molecule has 15 heavy (non-hydrogen) atoms. The zero-order chi connectivity index (χ0) is 11.4. The molecule has 82 valence electrons. The van der Waals surface area contributed by atoms with Gasteiger partial charge in [0.1, 0.15) is 0 Å². The first-order valence-electron chi connectivity index (χ1n) is 5.19. The van der Waals surface area contributed by atoms with Crippen molar-refractivity contribution in [3.63, 3.8) is 0 Å². The molecule has 3 N–H and O–H groups in total. The van der Waals surface area contributed by atoms with Crippen LogP contribution in [0, 0.1) is 6.92 Å². The maximum Gasteiger partial charge on any atom is 0.337 e. The third-order valence-corrected chi connectivity index (χ3v) is 2.60. The molecule has 1 aromatic rings. The molecule has 0 saturated carbocycles. The van der Waals surface area contributed by atoms with Crippen LogP contribution in [0.5, 0.6) is 0 Å². The fraction of sp³-hybridized carbons (Fsp3) is 0.417. The van der Waals surface area contributed by atoms with E-state index in [4.69, 9.17) is 10.8 Å². The lowest BCUT2D eigenvalue weighted by Crippen LogP contribution is -2.07. The SMILES string of the molecule is CCCCc1c(C)ccc(C(=O)O)c1N. The molecule has 0 radical (unpaired) electrons. The molecule has 1 aromatic carbocycles. The van der Waals surface area contributed by atoms with Gasteiger partial charge in [-0.3, -0.25) is 0 Å². The van der Waals surface area contributed by atoms with E-state index in [1.54, 1.807) is 6.07 Å². The number of carboxylic acid groups (broad SMARTS) is 1. The van der Waals surface area contributed by atoms with Gasteiger partial charge in [-0.05, 0) is 37.0 Å². The zero-order valence-corrected chi connectivity index (χ0v) is 9.21. The Morgan fingerprint density at radius 1 is 1.47 bits per heavy atom. The summed E-state index contributed by atoms with van der Waals surface area (Å²) in [4.78, 5) is 10.9. The summed E-state index contributed by atoms with van der Waals surface area (Å²) in [5.74, 6) is -0.953. The Hall–Kier alpha value is -1.51. The number of hydrogen-bond acceptors (Lipinski definition) is 2. The van der Waals surface area contributed by atoms with E-state index in [2.05, 4.69) is 6.92 Å². The highest BCUT2D eigenvalue weighted by Gasteiger charge is 2.12. The molecule has 0 unspecified atom stereocenters. The molecule has 3 nitrogen and oxygen atoms in total. The van der Waals surface area contributed by atoms with Crippen molar-refractivity contribution >= 4 is 11.7 Å². The van der Waals surface area contributed by atoms with Crippen LogP contribution in [-0.2, 0) is 6.42 Å². The highest BCUT2D eigenvalue weighted by Crippen LogP contribution is 2.23. The van der Waals surface area contributed by atoms with Gasteiger partial charge in [0.05, 0.1) is 5.56 Å². The molecule has 0 aliphatic heterocycles. The predicted octanol–water partition coefficient (Wildman–Crippen LogP) is 2.62. The summed E-state index contributed by atoms with van der Waals surface area (Å²) < 4.78 is 0. The van der Waals surface area contributed by atoms with Crippen molar-refractivity contribution in [1.82, 2.24) is 0 Å². The van der Waals surface area contributed by atoms with E-state index in [0.717, 1.165) is 30.4 Å². The molecular formula is C12H17NO2. The predicted molar refractivity (Wildman–Crippen MR) is 61.2 cm³/mol. The van der Waals surface area contributed by atoms with Crippen LogP contribution in [0.4, 0.5) is 5.69 Å². The quantitative estimate of drug-likeness (QED) is 0.746. The lowest BCUT2D eigenvalue weighted by molar-refractivity contribution is 0.0698. The Bertz CT molecular complexity index is 372. The van der Waals surface area contributed by atoms with Gasteiger partial charge in [0, 0.05) is 5.69 Å². The number of nitrogens with two attached hydrogens (primary N) is 1. The number of nitrogen functional groups attached to an aromatic ring is 1. The van der Waals surface area contributed by atoms with Crippen molar-refractivity contribution < 1.29 is 9.90 Å². The van der Waals surface area contributed by atoms with Gasteiger partial charge in [-0.1, -0.05) is 19.4 Å². The Labute approximate surface area is 89.9 Å². The van der Waals surface area contributed by atoms with Gasteiger partial charge in [-0.15, -0.1) is 0 Å². The molecule has 0 spiro atoms. The van der Waals surface area contributed by atoms with Gasteiger partial charge in [0.2, 0.25) is 0 Å². The third kappa shape index (κ3) is 2.49. The van der Waals surface area contributed by atoms with E-state index >= 15 is 0 Å². The van der Waals surface area contributed by atoms with Crippen molar-refractivity contribution in [3.05, 3.63) is 28.8 Å². The van der Waals surface area contributed by atoms with Gasteiger partial charge >= 0.3 is 5.97 Å². The van der Waals surface area contributed by atoms with Gasteiger partial charge in [0.15, 0.2) is 0 Å². The molecule has 0 saturated heterocycles. The van der Waals surface area contributed by atoms with Crippen LogP contribution in [-0.4, -0.2) is 11.1 Å². The first kappa shape index (κ1) is 11.6. The topological polar surface area (TPSA) is 63.3 Å². The standard InChI is InChI=1S/C12H17NO2/c1-3-4-5-9-8(2)6-7-10(11(9)13)12(14)15/h6-7H,3-5,13H2,1-2H3,(H,14,15). The zero-order valence-electron chi connectivity index (χ0n) is 9.21. The van der Waals surface area contributed by atoms with E-state index in [9.17, 15) is 4.79 Å². The number of carboxylic acids is 1. The molecule has 0 aromatic heterocycles. The highest BCUT2D eigenvalue weighted by atomic mass is 16.4. The third-order valence-electron chi connectivity index (χ3n) is 2.60. The summed E-state index contributed by atoms with van der Waals surface area (Å²) in [6, 6.07) is 3.40. The number of hydrogen-bond donors (Lipinski definition) is 2. The van der Waals surface area contributed by atoms with Crippen LogP contribution in [0.3, 0.4) is 0 Å². The van der Waals surface area contributed by atoms with E-state index in [1.807, 2.05) is 13.0 Å². The monoisotopic (exact) mass is 207 g/mol. The Balaban J connectivity index is 3.12. The molecule has 0 atom stereocenters. The van der Waals surface area contributed by atoms with Gasteiger partial charge < -0.3 is 10.8 Å². The number of rotatable bonds is 4. The normalized spacial score (nSPS) is 10.3. The second-order valence-corrected chi connectivity index (χ2v) is 3.73. The minimum absolute atomic E-state index is 0.215. The smallest absolute Gasteiger partial charge is 0.337 e.